The van der Waals surface area contributed by atoms with Crippen LogP contribution in [0.5, 0.6) is 0 Å². The topological polar surface area (TPSA) is 64.5 Å². The Balaban J connectivity index is 1.18. The van der Waals surface area contributed by atoms with Gasteiger partial charge in [-0.3, -0.25) is 0 Å². The highest BCUT2D eigenvalue weighted by Crippen LogP contribution is 2.31. The van der Waals surface area contributed by atoms with E-state index in [4.69, 9.17) is 24.9 Å². The molecule has 0 saturated carbocycles. The fraction of sp³-hybridized carbons (Fsp3) is 0.0217. The highest BCUT2D eigenvalue weighted by molar-refractivity contribution is 6.04. The van der Waals surface area contributed by atoms with Crippen molar-refractivity contribution in [3.05, 3.63) is 188 Å². The second-order valence-corrected chi connectivity index (χ2v) is 12.3. The number of hydrogen-bond acceptors (Lipinski definition) is 5. The highest BCUT2D eigenvalue weighted by Gasteiger charge is 2.14. The molecule has 0 fully saturated rings. The second-order valence-electron chi connectivity index (χ2n) is 12.3. The molecule has 0 aliphatic rings. The molecular weight excluding hydrogens is 623 g/mol. The van der Waals surface area contributed by atoms with Gasteiger partial charge in [-0.1, -0.05) is 152 Å². The summed E-state index contributed by atoms with van der Waals surface area (Å²) >= 11 is 0. The second kappa shape index (κ2) is 13.9. The molecular formula is C46H33N5. The highest BCUT2D eigenvalue weighted by atomic mass is 15.0. The van der Waals surface area contributed by atoms with E-state index in [9.17, 15) is 0 Å². The molecule has 0 saturated heterocycles. The van der Waals surface area contributed by atoms with E-state index in [1.165, 1.54) is 0 Å². The summed E-state index contributed by atoms with van der Waals surface area (Å²) in [4.78, 5) is 25.0. The molecule has 8 aromatic rings. The predicted molar refractivity (Wildman–Crippen MR) is 210 cm³/mol. The van der Waals surface area contributed by atoms with Gasteiger partial charge in [-0.25, -0.2) is 24.9 Å². The van der Waals surface area contributed by atoms with Crippen LogP contribution in [0.15, 0.2) is 176 Å². The molecule has 0 radical (unpaired) electrons. The van der Waals surface area contributed by atoms with Crippen molar-refractivity contribution in [3.8, 4) is 45.3 Å². The Morgan fingerprint density at radius 2 is 0.980 bits per heavy atom. The summed E-state index contributed by atoms with van der Waals surface area (Å²) in [5.41, 5.74) is 10.4. The Morgan fingerprint density at radius 1 is 0.490 bits per heavy atom. The van der Waals surface area contributed by atoms with Gasteiger partial charge in [-0.15, -0.1) is 0 Å². The van der Waals surface area contributed by atoms with Gasteiger partial charge in [0.05, 0.1) is 22.4 Å². The molecule has 0 unspecified atom stereocenters. The number of nitrogens with zero attached hydrogens (tertiary/aromatic N) is 5. The lowest BCUT2D eigenvalue weighted by atomic mass is 9.98. The standard InChI is InChI=1S/C46H33N5/c1-3-14-37(29-31(2)44-49-45(35-17-9-5-10-18-35)51-46(50-44)36-19-11-6-12-20-36)38-21-13-22-39(30-38)41-28-26-34-24-23-33-25-27-40(32-15-7-4-8-16-32)47-42(33)43(34)48-41/h3-30H,1H2,2H3/b31-29+,37-14+. The van der Waals surface area contributed by atoms with Crippen molar-refractivity contribution in [1.29, 1.82) is 0 Å². The third-order valence-electron chi connectivity index (χ3n) is 8.80. The zero-order chi connectivity index (χ0) is 34.6. The minimum Gasteiger partial charge on any atom is -0.245 e. The lowest BCUT2D eigenvalue weighted by Gasteiger charge is -2.11. The number of fused-ring (bicyclic) bond motifs is 3. The first-order valence-corrected chi connectivity index (χ1v) is 16.9. The summed E-state index contributed by atoms with van der Waals surface area (Å²) in [5, 5.41) is 2.11. The maximum atomic E-state index is 5.20. The number of pyridine rings is 2. The summed E-state index contributed by atoms with van der Waals surface area (Å²) in [6.45, 7) is 6.05. The minimum atomic E-state index is 0.610. The molecule has 51 heavy (non-hydrogen) atoms. The Hall–Kier alpha value is -6.85. The first kappa shape index (κ1) is 31.4. The Bertz CT molecular complexity index is 2530. The van der Waals surface area contributed by atoms with Gasteiger partial charge in [-0.05, 0) is 47.9 Å². The normalized spacial score (nSPS) is 11.9. The first-order valence-electron chi connectivity index (χ1n) is 16.9. The fourth-order valence-corrected chi connectivity index (χ4v) is 6.19. The minimum absolute atomic E-state index is 0.610. The molecule has 5 nitrogen and oxygen atoms in total. The molecule has 3 aromatic heterocycles. The predicted octanol–water partition coefficient (Wildman–Crippen LogP) is 11.3. The van der Waals surface area contributed by atoms with Gasteiger partial charge in [0.1, 0.15) is 0 Å². The maximum Gasteiger partial charge on any atom is 0.164 e. The quantitative estimate of drug-likeness (QED) is 0.120. The van der Waals surface area contributed by atoms with Gasteiger partial charge in [0, 0.05) is 33.0 Å². The third-order valence-corrected chi connectivity index (χ3v) is 8.80. The average molecular weight is 656 g/mol. The molecule has 0 bridgehead atoms. The molecule has 5 heteroatoms. The van der Waals surface area contributed by atoms with Crippen LogP contribution in [0.3, 0.4) is 0 Å². The monoisotopic (exact) mass is 655 g/mol. The van der Waals surface area contributed by atoms with Gasteiger partial charge in [-0.2, -0.15) is 0 Å². The van der Waals surface area contributed by atoms with Gasteiger partial charge in [0.25, 0.3) is 0 Å². The van der Waals surface area contributed by atoms with Crippen LogP contribution < -0.4 is 0 Å². The van der Waals surface area contributed by atoms with Crippen LogP contribution in [-0.4, -0.2) is 24.9 Å². The zero-order valence-corrected chi connectivity index (χ0v) is 28.1. The van der Waals surface area contributed by atoms with E-state index >= 15 is 0 Å². The van der Waals surface area contributed by atoms with Gasteiger partial charge in [0.2, 0.25) is 0 Å². The Labute approximate surface area is 297 Å². The van der Waals surface area contributed by atoms with Crippen LogP contribution in [0.1, 0.15) is 18.3 Å². The molecule has 242 valence electrons. The number of allylic oxidation sites excluding steroid dienone is 5. The van der Waals surface area contributed by atoms with Crippen molar-refractivity contribution < 1.29 is 0 Å². The molecule has 0 N–H and O–H groups in total. The van der Waals surface area contributed by atoms with Crippen LogP contribution in [0.2, 0.25) is 0 Å². The van der Waals surface area contributed by atoms with Crippen LogP contribution in [0.4, 0.5) is 0 Å². The van der Waals surface area contributed by atoms with Crippen LogP contribution in [-0.2, 0) is 0 Å². The number of benzene rings is 5. The lowest BCUT2D eigenvalue weighted by Crippen LogP contribution is -2.02. The van der Waals surface area contributed by atoms with Crippen molar-refractivity contribution in [3.63, 3.8) is 0 Å². The van der Waals surface area contributed by atoms with Crippen LogP contribution in [0.25, 0.3) is 78.2 Å². The molecule has 8 rings (SSSR count). The zero-order valence-electron chi connectivity index (χ0n) is 28.1. The summed E-state index contributed by atoms with van der Waals surface area (Å²) in [6, 6.07) is 51.3. The molecule has 5 aromatic carbocycles. The van der Waals surface area contributed by atoms with E-state index in [0.717, 1.165) is 72.2 Å². The van der Waals surface area contributed by atoms with Crippen LogP contribution >= 0.6 is 0 Å². The van der Waals surface area contributed by atoms with Crippen molar-refractivity contribution >= 4 is 33.0 Å². The van der Waals surface area contributed by atoms with E-state index in [1.807, 2.05) is 91.9 Å². The smallest absolute Gasteiger partial charge is 0.164 e. The molecule has 0 amide bonds. The third kappa shape index (κ3) is 6.61. The molecule has 3 heterocycles. The number of aromatic nitrogens is 5. The summed E-state index contributed by atoms with van der Waals surface area (Å²) in [5.74, 6) is 1.87. The van der Waals surface area contributed by atoms with Crippen molar-refractivity contribution in [1.82, 2.24) is 24.9 Å². The van der Waals surface area contributed by atoms with E-state index in [2.05, 4.69) is 85.5 Å². The molecule has 0 atom stereocenters. The number of hydrogen-bond donors (Lipinski definition) is 0. The maximum absolute atomic E-state index is 5.20. The largest absolute Gasteiger partial charge is 0.245 e. The van der Waals surface area contributed by atoms with Gasteiger partial charge < -0.3 is 0 Å². The van der Waals surface area contributed by atoms with Crippen molar-refractivity contribution in [2.24, 2.45) is 0 Å². The summed E-state index contributed by atoms with van der Waals surface area (Å²) in [7, 11) is 0. The summed E-state index contributed by atoms with van der Waals surface area (Å²) in [6.07, 6.45) is 5.92. The van der Waals surface area contributed by atoms with E-state index in [0.29, 0.717) is 17.5 Å². The first-order chi connectivity index (χ1) is 25.1. The average Bonchev–Trinajstić information content (AvgIpc) is 3.21. The molecule has 0 aliphatic heterocycles. The Morgan fingerprint density at radius 3 is 1.53 bits per heavy atom. The Kier molecular flexibility index (Phi) is 8.59. The van der Waals surface area contributed by atoms with E-state index in [1.54, 1.807) is 6.08 Å². The van der Waals surface area contributed by atoms with Crippen molar-refractivity contribution in [2.75, 3.05) is 0 Å². The van der Waals surface area contributed by atoms with Gasteiger partial charge in [0.15, 0.2) is 17.5 Å². The van der Waals surface area contributed by atoms with Crippen LogP contribution in [0, 0.1) is 0 Å². The van der Waals surface area contributed by atoms with Crippen molar-refractivity contribution in [2.45, 2.75) is 6.92 Å². The molecule has 0 spiro atoms. The van der Waals surface area contributed by atoms with E-state index < -0.39 is 0 Å². The van der Waals surface area contributed by atoms with E-state index in [-0.39, 0.29) is 0 Å². The molecule has 0 aliphatic carbocycles. The summed E-state index contributed by atoms with van der Waals surface area (Å²) < 4.78 is 0. The SMILES string of the molecule is C=C/C=C(\C=C(/C)c1nc(-c2ccccc2)nc(-c2ccccc2)n1)c1cccc(-c2ccc3ccc4ccc(-c5ccccc5)nc4c3n2)c1. The number of rotatable bonds is 8. The fourth-order valence-electron chi connectivity index (χ4n) is 6.19. The lowest BCUT2D eigenvalue weighted by molar-refractivity contribution is 1.03. The van der Waals surface area contributed by atoms with Gasteiger partial charge >= 0.3 is 0 Å².